The summed E-state index contributed by atoms with van der Waals surface area (Å²) in [4.78, 5) is 26.4. The lowest BCUT2D eigenvalue weighted by molar-refractivity contribution is -0.140. The minimum Gasteiger partial charge on any atom is -0.398 e. The van der Waals surface area contributed by atoms with E-state index < -0.39 is 5.25 Å². The fourth-order valence-electron chi connectivity index (χ4n) is 2.12. The zero-order valence-electron chi connectivity index (χ0n) is 11.4. The van der Waals surface area contributed by atoms with Crippen LogP contribution in [-0.2, 0) is 9.59 Å². The highest BCUT2D eigenvalue weighted by Crippen LogP contribution is 2.36. The number of benzene rings is 1. The fourth-order valence-corrected chi connectivity index (χ4v) is 3.51. The number of carbonyl (C=O) groups excluding carboxylic acids is 2. The molecule has 1 heterocycles. The third-order valence-corrected chi connectivity index (χ3v) is 4.91. The highest BCUT2D eigenvalue weighted by Gasteiger charge is 2.41. The van der Waals surface area contributed by atoms with Crippen molar-refractivity contribution < 1.29 is 9.59 Å². The number of thioether (sulfide) groups is 1. The Labute approximate surface area is 127 Å². The van der Waals surface area contributed by atoms with Gasteiger partial charge in [-0.15, -0.1) is 11.8 Å². The largest absolute Gasteiger partial charge is 0.398 e. The molecule has 1 aliphatic heterocycles. The molecule has 1 fully saturated rings. The van der Waals surface area contributed by atoms with Crippen molar-refractivity contribution in [2.24, 2.45) is 0 Å². The SMILES string of the molecule is CCC(C)N1C(=O)CC(Sc2cc(Cl)ccc2N)C1=O. The van der Waals surface area contributed by atoms with Crippen LogP contribution in [0, 0.1) is 0 Å². The minimum atomic E-state index is -0.405. The molecule has 0 spiro atoms. The summed E-state index contributed by atoms with van der Waals surface area (Å²) < 4.78 is 0. The van der Waals surface area contributed by atoms with Gasteiger partial charge in [0.2, 0.25) is 11.8 Å². The zero-order chi connectivity index (χ0) is 14.9. The molecule has 2 unspecified atom stereocenters. The molecule has 108 valence electrons. The van der Waals surface area contributed by atoms with Gasteiger partial charge in [-0.25, -0.2) is 0 Å². The van der Waals surface area contributed by atoms with Crippen LogP contribution in [0.1, 0.15) is 26.7 Å². The van der Waals surface area contributed by atoms with Crippen molar-refractivity contribution in [3.05, 3.63) is 23.2 Å². The molecule has 6 heteroatoms. The van der Waals surface area contributed by atoms with Crippen molar-refractivity contribution in [3.8, 4) is 0 Å². The summed E-state index contributed by atoms with van der Waals surface area (Å²) in [5, 5.41) is 0.162. The van der Waals surface area contributed by atoms with E-state index in [4.69, 9.17) is 17.3 Å². The number of amides is 2. The number of hydrogen-bond acceptors (Lipinski definition) is 4. The van der Waals surface area contributed by atoms with E-state index in [9.17, 15) is 9.59 Å². The van der Waals surface area contributed by atoms with E-state index in [-0.39, 0.29) is 24.3 Å². The maximum Gasteiger partial charge on any atom is 0.243 e. The number of rotatable bonds is 4. The average molecular weight is 313 g/mol. The van der Waals surface area contributed by atoms with Gasteiger partial charge in [-0.05, 0) is 31.5 Å². The van der Waals surface area contributed by atoms with E-state index >= 15 is 0 Å². The van der Waals surface area contributed by atoms with Crippen LogP contribution in [-0.4, -0.2) is 28.0 Å². The van der Waals surface area contributed by atoms with E-state index in [2.05, 4.69) is 0 Å². The van der Waals surface area contributed by atoms with Crippen LogP contribution < -0.4 is 5.73 Å². The Bertz CT molecular complexity index is 550. The molecule has 0 aromatic heterocycles. The van der Waals surface area contributed by atoms with Gasteiger partial charge in [-0.2, -0.15) is 0 Å². The summed E-state index contributed by atoms with van der Waals surface area (Å²) in [5.41, 5.74) is 6.45. The Balaban J connectivity index is 2.17. The van der Waals surface area contributed by atoms with Gasteiger partial charge in [0.25, 0.3) is 0 Å². The van der Waals surface area contributed by atoms with Crippen molar-refractivity contribution in [1.82, 2.24) is 4.90 Å². The van der Waals surface area contributed by atoms with Gasteiger partial charge in [0, 0.05) is 28.1 Å². The second-order valence-electron chi connectivity index (χ2n) is 4.85. The number of likely N-dealkylation sites (tertiary alicyclic amines) is 1. The number of imide groups is 1. The van der Waals surface area contributed by atoms with Crippen molar-refractivity contribution in [1.29, 1.82) is 0 Å². The second-order valence-corrected chi connectivity index (χ2v) is 6.53. The number of nitrogen functional groups attached to an aromatic ring is 1. The molecule has 1 saturated heterocycles. The second kappa shape index (κ2) is 6.06. The molecule has 2 atom stereocenters. The smallest absolute Gasteiger partial charge is 0.243 e. The molecular formula is C14H17ClN2O2S. The molecule has 2 N–H and O–H groups in total. The molecule has 2 rings (SSSR count). The van der Waals surface area contributed by atoms with Gasteiger partial charge in [0.1, 0.15) is 0 Å². The summed E-state index contributed by atoms with van der Waals surface area (Å²) in [6.45, 7) is 3.84. The third-order valence-electron chi connectivity index (χ3n) is 3.42. The molecule has 4 nitrogen and oxygen atoms in total. The molecule has 1 aromatic rings. The normalized spacial score (nSPS) is 20.6. The van der Waals surface area contributed by atoms with Gasteiger partial charge in [0.05, 0.1) is 5.25 Å². The standard InChI is InChI=1S/C14H17ClN2O2S/c1-3-8(2)17-13(18)7-12(14(17)19)20-11-6-9(15)4-5-10(11)16/h4-6,8,12H,3,7,16H2,1-2H3. The first-order valence-electron chi connectivity index (χ1n) is 6.51. The van der Waals surface area contributed by atoms with Gasteiger partial charge >= 0.3 is 0 Å². The minimum absolute atomic E-state index is 0.0580. The Morgan fingerprint density at radius 2 is 2.20 bits per heavy atom. The van der Waals surface area contributed by atoms with E-state index in [0.29, 0.717) is 10.7 Å². The average Bonchev–Trinajstić information content (AvgIpc) is 2.68. The van der Waals surface area contributed by atoms with E-state index in [1.54, 1.807) is 18.2 Å². The number of anilines is 1. The van der Waals surface area contributed by atoms with Gasteiger partial charge in [0.15, 0.2) is 0 Å². The lowest BCUT2D eigenvalue weighted by Crippen LogP contribution is -2.38. The molecule has 0 bridgehead atoms. The van der Waals surface area contributed by atoms with Crippen LogP contribution in [0.4, 0.5) is 5.69 Å². The van der Waals surface area contributed by atoms with E-state index in [1.807, 2.05) is 13.8 Å². The summed E-state index contributed by atoms with van der Waals surface area (Å²) in [5.74, 6) is -0.240. The zero-order valence-corrected chi connectivity index (χ0v) is 13.0. The number of hydrogen-bond donors (Lipinski definition) is 1. The van der Waals surface area contributed by atoms with Gasteiger partial charge in [-0.1, -0.05) is 18.5 Å². The molecule has 0 radical (unpaired) electrons. The third kappa shape index (κ3) is 2.94. The number of halogens is 1. The van der Waals surface area contributed by atoms with Crippen LogP contribution in [0.3, 0.4) is 0 Å². The van der Waals surface area contributed by atoms with Crippen LogP contribution in [0.25, 0.3) is 0 Å². The van der Waals surface area contributed by atoms with Crippen molar-refractivity contribution >= 4 is 40.9 Å². The Kier molecular flexibility index (Phi) is 4.60. The molecule has 2 amide bonds. The summed E-state index contributed by atoms with van der Waals surface area (Å²) in [6, 6.07) is 5.08. The highest BCUT2D eigenvalue weighted by atomic mass is 35.5. The maximum atomic E-state index is 12.3. The molecular weight excluding hydrogens is 296 g/mol. The van der Waals surface area contributed by atoms with E-state index in [1.165, 1.54) is 16.7 Å². The van der Waals surface area contributed by atoms with E-state index in [0.717, 1.165) is 11.3 Å². The molecule has 1 aromatic carbocycles. The van der Waals surface area contributed by atoms with Crippen molar-refractivity contribution in [2.75, 3.05) is 5.73 Å². The molecule has 0 aliphatic carbocycles. The molecule has 1 aliphatic rings. The number of nitrogens with two attached hydrogens (primary N) is 1. The first-order chi connectivity index (χ1) is 9.43. The fraction of sp³-hybridized carbons (Fsp3) is 0.429. The van der Waals surface area contributed by atoms with Gasteiger partial charge < -0.3 is 5.73 Å². The first kappa shape index (κ1) is 15.2. The van der Waals surface area contributed by atoms with Crippen LogP contribution in [0.5, 0.6) is 0 Å². The lowest BCUT2D eigenvalue weighted by atomic mass is 10.2. The summed E-state index contributed by atoms with van der Waals surface area (Å²) in [6.07, 6.45) is 0.980. The predicted molar refractivity (Wildman–Crippen MR) is 81.7 cm³/mol. The quantitative estimate of drug-likeness (QED) is 0.686. The van der Waals surface area contributed by atoms with Crippen molar-refractivity contribution in [2.45, 2.75) is 42.9 Å². The Morgan fingerprint density at radius 3 is 2.85 bits per heavy atom. The first-order valence-corrected chi connectivity index (χ1v) is 7.77. The predicted octanol–water partition coefficient (Wildman–Crippen LogP) is 2.94. The van der Waals surface area contributed by atoms with Crippen molar-refractivity contribution in [3.63, 3.8) is 0 Å². The molecule has 0 saturated carbocycles. The summed E-state index contributed by atoms with van der Waals surface area (Å²) in [7, 11) is 0. The van der Waals surface area contributed by atoms with Crippen LogP contribution in [0.2, 0.25) is 5.02 Å². The topological polar surface area (TPSA) is 63.4 Å². The van der Waals surface area contributed by atoms with Crippen LogP contribution >= 0.6 is 23.4 Å². The number of nitrogens with zero attached hydrogens (tertiary/aromatic N) is 1. The number of carbonyl (C=O) groups is 2. The Hall–Kier alpha value is -1.20. The van der Waals surface area contributed by atoms with Crippen LogP contribution in [0.15, 0.2) is 23.1 Å². The monoisotopic (exact) mass is 312 g/mol. The van der Waals surface area contributed by atoms with Gasteiger partial charge in [-0.3, -0.25) is 14.5 Å². The summed E-state index contributed by atoms with van der Waals surface area (Å²) >= 11 is 7.25. The highest BCUT2D eigenvalue weighted by molar-refractivity contribution is 8.00. The molecule has 20 heavy (non-hydrogen) atoms. The maximum absolute atomic E-state index is 12.3. The lowest BCUT2D eigenvalue weighted by Gasteiger charge is -2.21. The Morgan fingerprint density at radius 1 is 1.50 bits per heavy atom.